The van der Waals surface area contributed by atoms with Crippen LogP contribution in [0.4, 0.5) is 0 Å². The number of aromatic nitrogens is 3. The van der Waals surface area contributed by atoms with Gasteiger partial charge in [-0.1, -0.05) is 237 Å². The highest BCUT2D eigenvalue weighted by atomic mass is 15.0. The molecule has 11 aromatic carbocycles. The third-order valence-corrected chi connectivity index (χ3v) is 13.5. The average Bonchev–Trinajstić information content (AvgIpc) is 3.75. The molecule has 68 heavy (non-hydrogen) atoms. The Kier molecular flexibility index (Phi) is 9.50. The molecule has 3 heteroatoms. The predicted molar refractivity (Wildman–Crippen MR) is 283 cm³/mol. The quantitative estimate of drug-likeness (QED) is 0.153. The van der Waals surface area contributed by atoms with Crippen LogP contribution in [-0.2, 0) is 0 Å². The smallest absolute Gasteiger partial charge is 0.164 e. The van der Waals surface area contributed by atoms with Crippen LogP contribution in [0.3, 0.4) is 0 Å². The second-order valence-corrected chi connectivity index (χ2v) is 17.5. The van der Waals surface area contributed by atoms with Gasteiger partial charge in [-0.05, 0) is 112 Å². The van der Waals surface area contributed by atoms with Gasteiger partial charge < -0.3 is 0 Å². The summed E-state index contributed by atoms with van der Waals surface area (Å²) in [5, 5.41) is 5.03. The van der Waals surface area contributed by atoms with E-state index in [2.05, 4.69) is 212 Å². The van der Waals surface area contributed by atoms with Gasteiger partial charge in [0.15, 0.2) is 17.5 Å². The lowest BCUT2D eigenvalue weighted by molar-refractivity contribution is 1.07. The van der Waals surface area contributed by atoms with Crippen LogP contribution in [0.5, 0.6) is 0 Å². The molecule has 0 unspecified atom stereocenters. The van der Waals surface area contributed by atoms with E-state index in [0.29, 0.717) is 17.5 Å². The molecule has 0 amide bonds. The summed E-state index contributed by atoms with van der Waals surface area (Å²) in [7, 11) is 0. The molecule has 13 rings (SSSR count). The molecule has 1 aliphatic carbocycles. The zero-order chi connectivity index (χ0) is 45.0. The normalized spacial score (nSPS) is 11.5. The van der Waals surface area contributed by atoms with Gasteiger partial charge in [-0.2, -0.15) is 0 Å². The lowest BCUT2D eigenvalue weighted by Gasteiger charge is -2.15. The maximum absolute atomic E-state index is 5.12. The Hall–Kier alpha value is -9.05. The van der Waals surface area contributed by atoms with Crippen LogP contribution in [0, 0.1) is 0 Å². The van der Waals surface area contributed by atoms with Gasteiger partial charge in [-0.3, -0.25) is 0 Å². The standard InChI is InChI=1S/C65H41N3/c1-3-14-42(15-4-1)43-32-36-48(37-33-43)64-66-63(47-16-5-2-6-17-47)67-65(68-64)51-21-9-20-50(40-51)53-24-12-26-57-55(53)25-13-27-56(57)54-23-8-7-22-52(54)45-34-30-44(31-35-45)49-38-39-58-59-28-10-18-46-19-11-29-60(62(46)59)61(58)41-49/h1-41H. The van der Waals surface area contributed by atoms with E-state index >= 15 is 0 Å². The predicted octanol–water partition coefficient (Wildman–Crippen LogP) is 17.2. The number of hydrogen-bond acceptors (Lipinski definition) is 3. The first-order valence-electron chi connectivity index (χ1n) is 23.2. The first kappa shape index (κ1) is 39.3. The minimum atomic E-state index is 0.628. The maximum Gasteiger partial charge on any atom is 0.164 e. The van der Waals surface area contributed by atoms with Crippen molar-refractivity contribution in [3.05, 3.63) is 249 Å². The van der Waals surface area contributed by atoms with E-state index in [-0.39, 0.29) is 0 Å². The van der Waals surface area contributed by atoms with Crippen molar-refractivity contribution >= 4 is 21.5 Å². The molecule has 0 N–H and O–H groups in total. The molecule has 0 atom stereocenters. The highest BCUT2D eigenvalue weighted by Crippen LogP contribution is 2.48. The average molecular weight is 864 g/mol. The molecule has 0 bridgehead atoms. The third kappa shape index (κ3) is 6.88. The van der Waals surface area contributed by atoms with E-state index < -0.39 is 0 Å². The fourth-order valence-corrected chi connectivity index (χ4v) is 10.2. The van der Waals surface area contributed by atoms with Gasteiger partial charge in [-0.25, -0.2) is 15.0 Å². The molecule has 1 aromatic heterocycles. The van der Waals surface area contributed by atoms with Crippen LogP contribution in [-0.4, -0.2) is 15.0 Å². The van der Waals surface area contributed by atoms with E-state index in [1.54, 1.807) is 0 Å². The Morgan fingerprint density at radius 3 is 1.31 bits per heavy atom. The van der Waals surface area contributed by atoms with Gasteiger partial charge >= 0.3 is 0 Å². The fourth-order valence-electron chi connectivity index (χ4n) is 10.2. The molecule has 316 valence electrons. The summed E-state index contributed by atoms with van der Waals surface area (Å²) >= 11 is 0. The summed E-state index contributed by atoms with van der Waals surface area (Å²) in [6.45, 7) is 0. The highest BCUT2D eigenvalue weighted by Gasteiger charge is 2.22. The molecule has 0 saturated carbocycles. The van der Waals surface area contributed by atoms with Crippen molar-refractivity contribution in [2.45, 2.75) is 0 Å². The minimum Gasteiger partial charge on any atom is -0.208 e. The molecule has 1 aliphatic rings. The van der Waals surface area contributed by atoms with Gasteiger partial charge in [-0.15, -0.1) is 0 Å². The summed E-state index contributed by atoms with van der Waals surface area (Å²) in [4.78, 5) is 15.2. The number of rotatable bonds is 8. The van der Waals surface area contributed by atoms with Gasteiger partial charge in [0.2, 0.25) is 0 Å². The molecule has 1 heterocycles. The zero-order valence-electron chi connectivity index (χ0n) is 37.0. The molecular formula is C65H41N3. The molecule has 0 radical (unpaired) electrons. The molecule has 0 fully saturated rings. The zero-order valence-corrected chi connectivity index (χ0v) is 37.0. The number of nitrogens with zero attached hydrogens (tertiary/aromatic N) is 3. The molecule has 0 aliphatic heterocycles. The maximum atomic E-state index is 5.12. The molecular weight excluding hydrogens is 823 g/mol. The summed E-state index contributed by atoms with van der Waals surface area (Å²) in [6, 6.07) is 89.0. The van der Waals surface area contributed by atoms with Crippen molar-refractivity contribution in [3.8, 4) is 112 Å². The van der Waals surface area contributed by atoms with Gasteiger partial charge in [0.25, 0.3) is 0 Å². The van der Waals surface area contributed by atoms with Crippen LogP contribution in [0.2, 0.25) is 0 Å². The molecule has 0 spiro atoms. The summed E-state index contributed by atoms with van der Waals surface area (Å²) < 4.78 is 0. The van der Waals surface area contributed by atoms with Gasteiger partial charge in [0, 0.05) is 16.7 Å². The van der Waals surface area contributed by atoms with Gasteiger partial charge in [0.1, 0.15) is 0 Å². The van der Waals surface area contributed by atoms with E-state index in [4.69, 9.17) is 15.0 Å². The second kappa shape index (κ2) is 16.4. The van der Waals surface area contributed by atoms with Crippen LogP contribution < -0.4 is 0 Å². The van der Waals surface area contributed by atoms with Crippen molar-refractivity contribution in [1.82, 2.24) is 15.0 Å². The minimum absolute atomic E-state index is 0.628. The molecule has 0 saturated heterocycles. The van der Waals surface area contributed by atoms with Crippen LogP contribution in [0.1, 0.15) is 0 Å². The highest BCUT2D eigenvalue weighted by molar-refractivity contribution is 6.15. The Labute approximate surface area is 395 Å². The fraction of sp³-hybridized carbons (Fsp3) is 0. The lowest BCUT2D eigenvalue weighted by atomic mass is 9.88. The molecule has 12 aromatic rings. The van der Waals surface area contributed by atoms with Crippen LogP contribution in [0.25, 0.3) is 134 Å². The van der Waals surface area contributed by atoms with E-state index in [9.17, 15) is 0 Å². The molecule has 3 nitrogen and oxygen atoms in total. The summed E-state index contributed by atoms with van der Waals surface area (Å²) in [6.07, 6.45) is 0. The van der Waals surface area contributed by atoms with Crippen LogP contribution in [0.15, 0.2) is 249 Å². The Morgan fingerprint density at radius 2 is 0.603 bits per heavy atom. The number of hydrogen-bond donors (Lipinski definition) is 0. The van der Waals surface area contributed by atoms with Crippen molar-refractivity contribution in [2.75, 3.05) is 0 Å². The van der Waals surface area contributed by atoms with E-state index in [0.717, 1.165) is 33.4 Å². The van der Waals surface area contributed by atoms with E-state index in [1.807, 2.05) is 36.4 Å². The first-order valence-corrected chi connectivity index (χ1v) is 23.2. The van der Waals surface area contributed by atoms with E-state index in [1.165, 1.54) is 82.7 Å². The van der Waals surface area contributed by atoms with Crippen molar-refractivity contribution in [3.63, 3.8) is 0 Å². The van der Waals surface area contributed by atoms with Crippen molar-refractivity contribution < 1.29 is 0 Å². The lowest BCUT2D eigenvalue weighted by Crippen LogP contribution is -2.00. The SMILES string of the molecule is c1ccc(-c2ccc(-c3nc(-c4ccccc4)nc(-c4cccc(-c5cccc6c(-c7ccccc7-c7ccc(-c8ccc9c(c8)-c8cccc%10cccc-9c8%10)cc7)cccc56)c4)n3)cc2)cc1. The monoisotopic (exact) mass is 863 g/mol. The van der Waals surface area contributed by atoms with Gasteiger partial charge in [0.05, 0.1) is 0 Å². The van der Waals surface area contributed by atoms with Crippen molar-refractivity contribution in [2.24, 2.45) is 0 Å². The number of benzene rings is 11. The second-order valence-electron chi connectivity index (χ2n) is 17.5. The Morgan fingerprint density at radius 1 is 0.191 bits per heavy atom. The first-order chi connectivity index (χ1) is 33.7. The van der Waals surface area contributed by atoms with Crippen LogP contribution >= 0.6 is 0 Å². The van der Waals surface area contributed by atoms with Crippen molar-refractivity contribution in [1.29, 1.82) is 0 Å². The topological polar surface area (TPSA) is 38.7 Å². The Balaban J connectivity index is 0.843. The Bertz CT molecular complexity index is 3870. The third-order valence-electron chi connectivity index (χ3n) is 13.5. The summed E-state index contributed by atoms with van der Waals surface area (Å²) in [5.74, 6) is 1.90. The largest absolute Gasteiger partial charge is 0.208 e. The summed E-state index contributed by atoms with van der Waals surface area (Å²) in [5.41, 5.74) is 19.8. The number of fused-ring (bicyclic) bond motifs is 4.